The Hall–Kier alpha value is -2.22. The van der Waals surface area contributed by atoms with Gasteiger partial charge in [-0.25, -0.2) is 0 Å². The molecule has 0 amide bonds. The normalized spacial score (nSPS) is 25.1. The summed E-state index contributed by atoms with van der Waals surface area (Å²) >= 11 is 0. The summed E-state index contributed by atoms with van der Waals surface area (Å²) in [5.41, 5.74) is 1.32. The molecule has 4 rings (SSSR count). The lowest BCUT2D eigenvalue weighted by Crippen LogP contribution is -2.34. The molecule has 1 unspecified atom stereocenters. The summed E-state index contributed by atoms with van der Waals surface area (Å²) in [7, 11) is 0. The van der Waals surface area contributed by atoms with Crippen molar-refractivity contribution in [1.82, 2.24) is 0 Å². The van der Waals surface area contributed by atoms with Crippen molar-refractivity contribution in [2.24, 2.45) is 23.7 Å². The number of ketones is 2. The summed E-state index contributed by atoms with van der Waals surface area (Å²) in [4.78, 5) is 26.4. The third-order valence-electron chi connectivity index (χ3n) is 5.90. The largest absolute Gasteiger partial charge is 0.293 e. The van der Waals surface area contributed by atoms with E-state index in [1.165, 1.54) is 19.3 Å². The lowest BCUT2D eigenvalue weighted by atomic mass is 9.73. The van der Waals surface area contributed by atoms with Crippen LogP contribution < -0.4 is 0 Å². The van der Waals surface area contributed by atoms with Gasteiger partial charge in [-0.15, -0.1) is 0 Å². The Morgan fingerprint density at radius 1 is 0.750 bits per heavy atom. The van der Waals surface area contributed by atoms with E-state index in [2.05, 4.69) is 0 Å². The van der Waals surface area contributed by atoms with Gasteiger partial charge in [0.1, 0.15) is 0 Å². The molecule has 0 aliphatic heterocycles. The monoisotopic (exact) mass is 318 g/mol. The second-order valence-corrected chi connectivity index (χ2v) is 7.28. The van der Waals surface area contributed by atoms with E-state index in [4.69, 9.17) is 0 Å². The summed E-state index contributed by atoms with van der Waals surface area (Å²) in [6.45, 7) is 0. The van der Waals surface area contributed by atoms with Crippen molar-refractivity contribution in [3.63, 3.8) is 0 Å². The molecule has 0 heterocycles. The molecule has 2 fully saturated rings. The number of carbonyl (C=O) groups is 2. The van der Waals surface area contributed by atoms with Crippen molar-refractivity contribution >= 4 is 11.6 Å². The van der Waals surface area contributed by atoms with Gasteiger partial charge in [0.05, 0.1) is 5.92 Å². The summed E-state index contributed by atoms with van der Waals surface area (Å²) < 4.78 is 0. The fourth-order valence-electron chi connectivity index (χ4n) is 4.77. The minimum atomic E-state index is -0.523. The number of Topliss-reactive ketones (excluding diaryl/α,β-unsaturated/α-hetero) is 2. The van der Waals surface area contributed by atoms with E-state index in [0.717, 1.165) is 12.3 Å². The molecular formula is C22H22O2. The second kappa shape index (κ2) is 6.35. The number of fused-ring (bicyclic) bond motifs is 2. The van der Waals surface area contributed by atoms with E-state index >= 15 is 0 Å². The van der Waals surface area contributed by atoms with Crippen molar-refractivity contribution in [2.75, 3.05) is 0 Å². The van der Waals surface area contributed by atoms with Crippen molar-refractivity contribution < 1.29 is 9.59 Å². The zero-order chi connectivity index (χ0) is 16.5. The van der Waals surface area contributed by atoms with Gasteiger partial charge in [0.2, 0.25) is 0 Å². The van der Waals surface area contributed by atoms with Crippen LogP contribution in [0.15, 0.2) is 60.7 Å². The van der Waals surface area contributed by atoms with Crippen LogP contribution in [0.5, 0.6) is 0 Å². The molecule has 2 aromatic rings. The maximum atomic E-state index is 13.2. The van der Waals surface area contributed by atoms with E-state index in [1.54, 1.807) is 0 Å². The molecule has 0 spiro atoms. The van der Waals surface area contributed by atoms with E-state index in [9.17, 15) is 9.59 Å². The Kier molecular flexibility index (Phi) is 4.05. The average Bonchev–Trinajstić information content (AvgIpc) is 3.26. The van der Waals surface area contributed by atoms with Gasteiger partial charge in [-0.2, -0.15) is 0 Å². The van der Waals surface area contributed by atoms with Gasteiger partial charge < -0.3 is 0 Å². The second-order valence-electron chi connectivity index (χ2n) is 7.28. The minimum absolute atomic E-state index is 0.00185. The molecule has 3 atom stereocenters. The highest BCUT2D eigenvalue weighted by molar-refractivity contribution is 6.16. The van der Waals surface area contributed by atoms with Gasteiger partial charge in [-0.1, -0.05) is 67.1 Å². The Labute approximate surface area is 142 Å². The predicted molar refractivity (Wildman–Crippen MR) is 94.0 cm³/mol. The lowest BCUT2D eigenvalue weighted by Gasteiger charge is -2.28. The van der Waals surface area contributed by atoms with Crippen LogP contribution in [0.1, 0.15) is 46.4 Å². The first-order valence-corrected chi connectivity index (χ1v) is 8.92. The van der Waals surface area contributed by atoms with Crippen molar-refractivity contribution in [1.29, 1.82) is 0 Å². The molecule has 2 heteroatoms. The zero-order valence-corrected chi connectivity index (χ0v) is 13.7. The van der Waals surface area contributed by atoms with Gasteiger partial charge in [-0.3, -0.25) is 9.59 Å². The van der Waals surface area contributed by atoms with Gasteiger partial charge >= 0.3 is 0 Å². The predicted octanol–water partition coefficient (Wildman–Crippen LogP) is 4.80. The molecule has 2 aromatic carbocycles. The molecule has 2 aliphatic carbocycles. The van der Waals surface area contributed by atoms with Crippen LogP contribution >= 0.6 is 0 Å². The number of hydrogen-bond acceptors (Lipinski definition) is 2. The third kappa shape index (κ3) is 2.71. The molecule has 0 N–H and O–H groups in total. The van der Waals surface area contributed by atoms with Crippen LogP contribution in [0.2, 0.25) is 0 Å². The van der Waals surface area contributed by atoms with Crippen LogP contribution in [-0.4, -0.2) is 11.6 Å². The highest BCUT2D eigenvalue weighted by Crippen LogP contribution is 2.52. The van der Waals surface area contributed by atoms with Crippen LogP contribution in [0, 0.1) is 23.7 Å². The fourth-order valence-corrected chi connectivity index (χ4v) is 4.77. The number of rotatable bonds is 5. The molecule has 122 valence electrons. The fraction of sp³-hybridized carbons (Fsp3) is 0.364. The summed E-state index contributed by atoms with van der Waals surface area (Å²) in [6.07, 6.45) is 4.68. The Balaban J connectivity index is 1.70. The zero-order valence-electron chi connectivity index (χ0n) is 13.7. The smallest absolute Gasteiger partial charge is 0.173 e. The van der Waals surface area contributed by atoms with Crippen LogP contribution in [0.25, 0.3) is 0 Å². The van der Waals surface area contributed by atoms with E-state index < -0.39 is 5.92 Å². The number of hydrogen-bond donors (Lipinski definition) is 0. The highest BCUT2D eigenvalue weighted by Gasteiger charge is 2.47. The number of carbonyl (C=O) groups excluding carboxylic acids is 2. The van der Waals surface area contributed by atoms with Crippen molar-refractivity contribution in [3.8, 4) is 0 Å². The Bertz CT molecular complexity index is 684. The molecule has 2 nitrogen and oxygen atoms in total. The van der Waals surface area contributed by atoms with Crippen LogP contribution in [0.4, 0.5) is 0 Å². The molecule has 2 aliphatic rings. The SMILES string of the molecule is O=C(c1ccccc1)C(C(=O)c1ccccc1)C1C[C@@H]2CC[C@H]1C2. The maximum Gasteiger partial charge on any atom is 0.173 e. The molecule has 2 saturated carbocycles. The first kappa shape index (κ1) is 15.3. The van der Waals surface area contributed by atoms with Crippen LogP contribution in [-0.2, 0) is 0 Å². The van der Waals surface area contributed by atoms with E-state index in [1.807, 2.05) is 60.7 Å². The van der Waals surface area contributed by atoms with Gasteiger partial charge in [0.25, 0.3) is 0 Å². The topological polar surface area (TPSA) is 34.1 Å². The first-order valence-electron chi connectivity index (χ1n) is 8.92. The van der Waals surface area contributed by atoms with Crippen molar-refractivity contribution in [2.45, 2.75) is 25.7 Å². The van der Waals surface area contributed by atoms with E-state index in [0.29, 0.717) is 17.0 Å². The summed E-state index contributed by atoms with van der Waals surface area (Å²) in [6, 6.07) is 18.6. The first-order chi connectivity index (χ1) is 11.7. The van der Waals surface area contributed by atoms with Gasteiger partial charge in [0.15, 0.2) is 11.6 Å². The summed E-state index contributed by atoms with van der Waals surface area (Å²) in [5.74, 6) is 0.952. The molecule has 24 heavy (non-hydrogen) atoms. The molecular weight excluding hydrogens is 296 g/mol. The van der Waals surface area contributed by atoms with Crippen molar-refractivity contribution in [3.05, 3.63) is 71.8 Å². The Morgan fingerprint density at radius 3 is 1.71 bits per heavy atom. The third-order valence-corrected chi connectivity index (χ3v) is 5.90. The van der Waals surface area contributed by atoms with Crippen LogP contribution in [0.3, 0.4) is 0 Å². The highest BCUT2D eigenvalue weighted by atomic mass is 16.2. The molecule has 0 aromatic heterocycles. The lowest BCUT2D eigenvalue weighted by molar-refractivity contribution is 0.0709. The molecule has 2 bridgehead atoms. The molecule has 0 radical (unpaired) electrons. The molecule has 0 saturated heterocycles. The standard InChI is InChI=1S/C22H22O2/c23-21(16-7-3-1-4-8-16)20(19-14-15-11-12-18(19)13-15)22(24)17-9-5-2-6-10-17/h1-10,15,18-20H,11-14H2/t15-,18+,19?/m1/s1. The van der Waals surface area contributed by atoms with E-state index in [-0.39, 0.29) is 17.5 Å². The quantitative estimate of drug-likeness (QED) is 0.586. The average molecular weight is 318 g/mol. The minimum Gasteiger partial charge on any atom is -0.293 e. The van der Waals surface area contributed by atoms with Gasteiger partial charge in [-0.05, 0) is 37.0 Å². The van der Waals surface area contributed by atoms with Gasteiger partial charge in [0, 0.05) is 11.1 Å². The Morgan fingerprint density at radius 2 is 1.29 bits per heavy atom. The summed E-state index contributed by atoms with van der Waals surface area (Å²) in [5, 5.41) is 0. The number of benzene rings is 2. The maximum absolute atomic E-state index is 13.2.